The van der Waals surface area contributed by atoms with Crippen molar-refractivity contribution in [2.24, 2.45) is 0 Å². The van der Waals surface area contributed by atoms with Crippen LogP contribution in [0.1, 0.15) is 12.8 Å². The summed E-state index contributed by atoms with van der Waals surface area (Å²) in [6.07, 6.45) is 2.36. The Morgan fingerprint density at radius 3 is 2.65 bits per heavy atom. The molecule has 1 fully saturated rings. The average molecular weight is 345 g/mol. The molecule has 0 atom stereocenters. The SMILES string of the molecule is Clc1ccc(Cl)c(Nc2nc(NC3CC3)c3ccccc3n2)c1. The number of hydrogen-bond donors (Lipinski definition) is 2. The summed E-state index contributed by atoms with van der Waals surface area (Å²) in [5.74, 6) is 1.34. The van der Waals surface area contributed by atoms with Crippen LogP contribution < -0.4 is 10.6 Å². The number of nitrogens with one attached hydrogen (secondary N) is 2. The third-order valence-corrected chi connectivity index (χ3v) is 4.26. The van der Waals surface area contributed by atoms with Crippen molar-refractivity contribution in [3.63, 3.8) is 0 Å². The molecule has 0 bridgehead atoms. The molecule has 1 aliphatic carbocycles. The summed E-state index contributed by atoms with van der Waals surface area (Å²) >= 11 is 12.2. The summed E-state index contributed by atoms with van der Waals surface area (Å²) in [5, 5.41) is 8.82. The van der Waals surface area contributed by atoms with Gasteiger partial charge >= 0.3 is 0 Å². The van der Waals surface area contributed by atoms with Crippen molar-refractivity contribution in [1.82, 2.24) is 9.97 Å². The van der Waals surface area contributed by atoms with E-state index in [2.05, 4.69) is 20.6 Å². The maximum absolute atomic E-state index is 6.21. The van der Waals surface area contributed by atoms with Crippen LogP contribution in [0, 0.1) is 0 Å². The monoisotopic (exact) mass is 344 g/mol. The first-order valence-electron chi connectivity index (χ1n) is 7.44. The Balaban J connectivity index is 1.75. The van der Waals surface area contributed by atoms with Gasteiger partial charge in [0, 0.05) is 16.5 Å². The van der Waals surface area contributed by atoms with Crippen molar-refractivity contribution in [3.8, 4) is 0 Å². The van der Waals surface area contributed by atoms with Gasteiger partial charge in [0.2, 0.25) is 5.95 Å². The van der Waals surface area contributed by atoms with E-state index in [1.54, 1.807) is 18.2 Å². The van der Waals surface area contributed by atoms with Crippen LogP contribution in [0.15, 0.2) is 42.5 Å². The summed E-state index contributed by atoms with van der Waals surface area (Å²) in [6, 6.07) is 13.7. The minimum Gasteiger partial charge on any atom is -0.367 e. The fourth-order valence-electron chi connectivity index (χ4n) is 2.38. The van der Waals surface area contributed by atoms with Crippen LogP contribution in [0.5, 0.6) is 0 Å². The van der Waals surface area contributed by atoms with Crippen molar-refractivity contribution >= 4 is 51.6 Å². The highest BCUT2D eigenvalue weighted by Crippen LogP contribution is 2.31. The van der Waals surface area contributed by atoms with Crippen LogP contribution in [0.2, 0.25) is 10.0 Å². The van der Waals surface area contributed by atoms with E-state index in [9.17, 15) is 0 Å². The van der Waals surface area contributed by atoms with E-state index < -0.39 is 0 Å². The highest BCUT2D eigenvalue weighted by molar-refractivity contribution is 6.35. The standard InChI is InChI=1S/C17H14Cl2N4/c18-10-5-8-13(19)15(9-10)22-17-21-14-4-2-1-3-12(14)16(23-17)20-11-6-7-11/h1-5,8-9,11H,6-7H2,(H2,20,21,22,23). The molecule has 0 amide bonds. The van der Waals surface area contributed by atoms with Gasteiger partial charge in [-0.1, -0.05) is 35.3 Å². The first kappa shape index (κ1) is 14.5. The molecule has 1 saturated carbocycles. The van der Waals surface area contributed by atoms with E-state index in [4.69, 9.17) is 23.2 Å². The van der Waals surface area contributed by atoms with Crippen LogP contribution >= 0.6 is 23.2 Å². The normalized spacial score (nSPS) is 14.0. The fraction of sp³-hybridized carbons (Fsp3) is 0.176. The van der Waals surface area contributed by atoms with Crippen molar-refractivity contribution in [2.75, 3.05) is 10.6 Å². The number of rotatable bonds is 4. The molecule has 23 heavy (non-hydrogen) atoms. The van der Waals surface area contributed by atoms with E-state index >= 15 is 0 Å². The van der Waals surface area contributed by atoms with Gasteiger partial charge in [0.25, 0.3) is 0 Å². The van der Waals surface area contributed by atoms with E-state index in [-0.39, 0.29) is 0 Å². The summed E-state index contributed by atoms with van der Waals surface area (Å²) in [7, 11) is 0. The fourth-order valence-corrected chi connectivity index (χ4v) is 2.71. The lowest BCUT2D eigenvalue weighted by atomic mass is 10.2. The Labute approximate surface area is 143 Å². The second-order valence-corrected chi connectivity index (χ2v) is 6.42. The zero-order valence-electron chi connectivity index (χ0n) is 12.2. The van der Waals surface area contributed by atoms with E-state index in [1.165, 1.54) is 12.8 Å². The Morgan fingerprint density at radius 2 is 1.83 bits per heavy atom. The van der Waals surface area contributed by atoms with Crippen molar-refractivity contribution < 1.29 is 0 Å². The number of fused-ring (bicyclic) bond motifs is 1. The van der Waals surface area contributed by atoms with Crippen molar-refractivity contribution in [3.05, 3.63) is 52.5 Å². The maximum atomic E-state index is 6.21. The molecule has 2 aromatic carbocycles. The van der Waals surface area contributed by atoms with Gasteiger partial charge in [0.15, 0.2) is 0 Å². The van der Waals surface area contributed by atoms with Gasteiger partial charge in [-0.15, -0.1) is 0 Å². The molecular weight excluding hydrogens is 331 g/mol. The number of nitrogens with zero attached hydrogens (tertiary/aromatic N) is 2. The van der Waals surface area contributed by atoms with E-state index in [0.717, 1.165) is 16.7 Å². The highest BCUT2D eigenvalue weighted by Gasteiger charge is 2.22. The molecule has 4 nitrogen and oxygen atoms in total. The van der Waals surface area contributed by atoms with Crippen LogP contribution in [-0.4, -0.2) is 16.0 Å². The van der Waals surface area contributed by atoms with Crippen LogP contribution in [-0.2, 0) is 0 Å². The molecule has 0 radical (unpaired) electrons. The van der Waals surface area contributed by atoms with Crippen LogP contribution in [0.3, 0.4) is 0 Å². The molecule has 0 unspecified atom stereocenters. The van der Waals surface area contributed by atoms with Crippen LogP contribution in [0.25, 0.3) is 10.9 Å². The largest absolute Gasteiger partial charge is 0.367 e. The molecule has 3 aromatic rings. The van der Waals surface area contributed by atoms with Gasteiger partial charge in [0.05, 0.1) is 16.2 Å². The number of aromatic nitrogens is 2. The predicted molar refractivity (Wildman–Crippen MR) is 95.9 cm³/mol. The third-order valence-electron chi connectivity index (χ3n) is 3.70. The lowest BCUT2D eigenvalue weighted by Gasteiger charge is -2.12. The lowest BCUT2D eigenvalue weighted by Crippen LogP contribution is -2.07. The smallest absolute Gasteiger partial charge is 0.229 e. The van der Waals surface area contributed by atoms with Gasteiger partial charge in [0.1, 0.15) is 5.82 Å². The number of para-hydroxylation sites is 1. The Kier molecular flexibility index (Phi) is 3.71. The van der Waals surface area contributed by atoms with Gasteiger partial charge in [-0.3, -0.25) is 0 Å². The average Bonchev–Trinajstić information content (AvgIpc) is 3.35. The summed E-state index contributed by atoms with van der Waals surface area (Å²) in [4.78, 5) is 9.18. The molecule has 0 aliphatic heterocycles. The number of hydrogen-bond acceptors (Lipinski definition) is 4. The zero-order chi connectivity index (χ0) is 15.8. The molecule has 4 rings (SSSR count). The van der Waals surface area contributed by atoms with Crippen molar-refractivity contribution in [1.29, 1.82) is 0 Å². The number of benzene rings is 2. The first-order valence-corrected chi connectivity index (χ1v) is 8.20. The topological polar surface area (TPSA) is 49.8 Å². The molecule has 6 heteroatoms. The van der Waals surface area contributed by atoms with E-state index in [0.29, 0.717) is 27.7 Å². The van der Waals surface area contributed by atoms with E-state index in [1.807, 2.05) is 24.3 Å². The second-order valence-electron chi connectivity index (χ2n) is 5.58. The summed E-state index contributed by atoms with van der Waals surface area (Å²) in [6.45, 7) is 0. The van der Waals surface area contributed by atoms with Crippen LogP contribution in [0.4, 0.5) is 17.5 Å². The third kappa shape index (κ3) is 3.19. The summed E-state index contributed by atoms with van der Waals surface area (Å²) in [5.41, 5.74) is 1.57. The molecule has 0 spiro atoms. The molecule has 1 heterocycles. The van der Waals surface area contributed by atoms with Gasteiger partial charge in [-0.05, 0) is 43.2 Å². The molecule has 2 N–H and O–H groups in total. The summed E-state index contributed by atoms with van der Waals surface area (Å²) < 4.78 is 0. The Hall–Kier alpha value is -2.04. The first-order chi connectivity index (χ1) is 11.2. The minimum absolute atomic E-state index is 0.496. The van der Waals surface area contributed by atoms with Gasteiger partial charge < -0.3 is 10.6 Å². The minimum atomic E-state index is 0.496. The molecule has 1 aromatic heterocycles. The quantitative estimate of drug-likeness (QED) is 0.678. The Bertz CT molecular complexity index is 878. The zero-order valence-corrected chi connectivity index (χ0v) is 13.7. The predicted octanol–water partition coefficient (Wildman–Crippen LogP) is 5.25. The van der Waals surface area contributed by atoms with Crippen molar-refractivity contribution in [2.45, 2.75) is 18.9 Å². The molecular formula is C17H14Cl2N4. The number of anilines is 3. The second kappa shape index (κ2) is 5.87. The Morgan fingerprint density at radius 1 is 1.00 bits per heavy atom. The lowest BCUT2D eigenvalue weighted by molar-refractivity contribution is 1.11. The molecule has 1 aliphatic rings. The maximum Gasteiger partial charge on any atom is 0.229 e. The molecule has 0 saturated heterocycles. The highest BCUT2D eigenvalue weighted by atomic mass is 35.5. The van der Waals surface area contributed by atoms with Gasteiger partial charge in [-0.2, -0.15) is 4.98 Å². The van der Waals surface area contributed by atoms with Gasteiger partial charge in [-0.25, -0.2) is 4.98 Å². The molecule has 116 valence electrons. The number of halogens is 2.